The summed E-state index contributed by atoms with van der Waals surface area (Å²) in [7, 11) is 0. The monoisotopic (exact) mass is 322 g/mol. The third kappa shape index (κ3) is 3.45. The maximum Gasteiger partial charge on any atom is 0.243 e. The zero-order valence-corrected chi connectivity index (χ0v) is 13.4. The zero-order valence-electron chi connectivity index (χ0n) is 12.6. The van der Waals surface area contributed by atoms with Crippen LogP contribution in [0.1, 0.15) is 25.7 Å². The molecule has 2 aliphatic rings. The molecule has 1 atom stereocenters. The maximum absolute atomic E-state index is 12.5. The van der Waals surface area contributed by atoms with Gasteiger partial charge in [0.1, 0.15) is 6.04 Å². The highest BCUT2D eigenvalue weighted by Gasteiger charge is 2.38. The van der Waals surface area contributed by atoms with Gasteiger partial charge in [0.15, 0.2) is 0 Å². The van der Waals surface area contributed by atoms with E-state index in [9.17, 15) is 9.59 Å². The van der Waals surface area contributed by atoms with Gasteiger partial charge in [0, 0.05) is 37.2 Å². The van der Waals surface area contributed by atoms with Crippen molar-refractivity contribution in [3.63, 3.8) is 0 Å². The van der Waals surface area contributed by atoms with Crippen LogP contribution in [-0.2, 0) is 16.1 Å². The van der Waals surface area contributed by atoms with Gasteiger partial charge in [0.05, 0.1) is 12.2 Å². The van der Waals surface area contributed by atoms with Crippen LogP contribution in [-0.4, -0.2) is 50.5 Å². The molecule has 1 saturated heterocycles. The molecule has 3 rings (SSSR count). The van der Waals surface area contributed by atoms with Crippen molar-refractivity contribution in [2.24, 2.45) is 5.92 Å². The first kappa shape index (κ1) is 15.4. The number of rotatable bonds is 5. The van der Waals surface area contributed by atoms with Crippen molar-refractivity contribution < 1.29 is 9.59 Å². The van der Waals surface area contributed by atoms with Gasteiger partial charge in [0.25, 0.3) is 0 Å². The van der Waals surface area contributed by atoms with Gasteiger partial charge in [-0.05, 0) is 12.8 Å². The summed E-state index contributed by atoms with van der Waals surface area (Å²) in [5.74, 6) is 1.64. The van der Waals surface area contributed by atoms with Crippen LogP contribution in [0.2, 0.25) is 0 Å². The van der Waals surface area contributed by atoms with Crippen LogP contribution in [0.3, 0.4) is 0 Å². The number of imidazole rings is 1. The van der Waals surface area contributed by atoms with Crippen molar-refractivity contribution in [1.82, 2.24) is 19.8 Å². The van der Waals surface area contributed by atoms with Gasteiger partial charge >= 0.3 is 0 Å². The molecule has 0 aromatic carbocycles. The van der Waals surface area contributed by atoms with Gasteiger partial charge in [-0.25, -0.2) is 4.98 Å². The van der Waals surface area contributed by atoms with Gasteiger partial charge in [-0.15, -0.1) is 11.8 Å². The lowest BCUT2D eigenvalue weighted by Crippen LogP contribution is -2.49. The van der Waals surface area contributed by atoms with Gasteiger partial charge in [-0.3, -0.25) is 9.59 Å². The lowest BCUT2D eigenvalue weighted by atomic mass is 10.1. The molecule has 1 aromatic heterocycles. The molecular formula is C15H22N4O2S. The summed E-state index contributed by atoms with van der Waals surface area (Å²) < 4.78 is 1.92. The molecule has 120 valence electrons. The number of carbonyl (C=O) groups is 2. The Bertz CT molecular complexity index is 514. The number of nitrogens with zero attached hydrogens (tertiary/aromatic N) is 3. The number of thioether (sulfide) groups is 1. The number of aromatic nitrogens is 2. The van der Waals surface area contributed by atoms with Crippen molar-refractivity contribution >= 4 is 23.6 Å². The number of hydrogen-bond donors (Lipinski definition) is 1. The van der Waals surface area contributed by atoms with E-state index in [0.29, 0.717) is 24.7 Å². The minimum absolute atomic E-state index is 0.0311. The third-order valence-corrected chi connectivity index (χ3v) is 5.41. The van der Waals surface area contributed by atoms with Crippen molar-refractivity contribution in [3.8, 4) is 0 Å². The summed E-state index contributed by atoms with van der Waals surface area (Å²) in [6, 6.07) is -0.305. The van der Waals surface area contributed by atoms with E-state index in [1.165, 1.54) is 0 Å². The smallest absolute Gasteiger partial charge is 0.243 e. The Hall–Kier alpha value is -1.50. The molecule has 2 heterocycles. The Labute approximate surface area is 134 Å². The van der Waals surface area contributed by atoms with Crippen molar-refractivity contribution in [3.05, 3.63) is 18.7 Å². The van der Waals surface area contributed by atoms with Gasteiger partial charge in [-0.1, -0.05) is 12.8 Å². The van der Waals surface area contributed by atoms with E-state index in [2.05, 4.69) is 10.3 Å². The molecule has 0 spiro atoms. The number of hydrogen-bond acceptors (Lipinski definition) is 4. The highest BCUT2D eigenvalue weighted by molar-refractivity contribution is 7.99. The van der Waals surface area contributed by atoms with Crippen LogP contribution < -0.4 is 5.32 Å². The lowest BCUT2D eigenvalue weighted by Gasteiger charge is -2.25. The lowest BCUT2D eigenvalue weighted by molar-refractivity contribution is -0.141. The number of amides is 2. The molecule has 22 heavy (non-hydrogen) atoms. The average Bonchev–Trinajstić information content (AvgIpc) is 3.26. The molecule has 7 heteroatoms. The Morgan fingerprint density at radius 3 is 2.86 bits per heavy atom. The summed E-state index contributed by atoms with van der Waals surface area (Å²) >= 11 is 1.67. The molecule has 0 radical (unpaired) electrons. The van der Waals surface area contributed by atoms with Crippen LogP contribution >= 0.6 is 11.8 Å². The average molecular weight is 322 g/mol. The first-order chi connectivity index (χ1) is 10.8. The van der Waals surface area contributed by atoms with Crippen LogP contribution in [0.15, 0.2) is 18.7 Å². The summed E-state index contributed by atoms with van der Waals surface area (Å²) in [5, 5.41) is 2.94. The van der Waals surface area contributed by atoms with E-state index in [1.807, 2.05) is 10.8 Å². The molecule has 6 nitrogen and oxygen atoms in total. The Balaban J connectivity index is 1.50. The molecule has 1 saturated carbocycles. The van der Waals surface area contributed by atoms with E-state index < -0.39 is 0 Å². The Kier molecular flexibility index (Phi) is 5.02. The first-order valence-electron chi connectivity index (χ1n) is 7.87. The second kappa shape index (κ2) is 7.17. The quantitative estimate of drug-likeness (QED) is 0.881. The van der Waals surface area contributed by atoms with Crippen molar-refractivity contribution in [2.75, 3.05) is 18.2 Å². The van der Waals surface area contributed by atoms with Crippen LogP contribution in [0.25, 0.3) is 0 Å². The predicted molar refractivity (Wildman–Crippen MR) is 85.2 cm³/mol. The fourth-order valence-corrected chi connectivity index (χ4v) is 4.29. The van der Waals surface area contributed by atoms with Gasteiger partial charge in [-0.2, -0.15) is 0 Å². The second-order valence-electron chi connectivity index (χ2n) is 5.90. The highest BCUT2D eigenvalue weighted by atomic mass is 32.2. The largest absolute Gasteiger partial charge is 0.352 e. The molecule has 2 amide bonds. The first-order valence-corrected chi connectivity index (χ1v) is 9.03. The number of carbonyl (C=O) groups excluding carboxylic acids is 2. The molecule has 0 bridgehead atoms. The second-order valence-corrected chi connectivity index (χ2v) is 6.90. The zero-order chi connectivity index (χ0) is 15.4. The van der Waals surface area contributed by atoms with Crippen LogP contribution in [0.5, 0.6) is 0 Å². The van der Waals surface area contributed by atoms with Crippen molar-refractivity contribution in [2.45, 2.75) is 38.3 Å². The van der Waals surface area contributed by atoms with Crippen LogP contribution in [0.4, 0.5) is 0 Å². The molecular weight excluding hydrogens is 300 g/mol. The minimum atomic E-state index is -0.305. The van der Waals surface area contributed by atoms with Gasteiger partial charge in [0.2, 0.25) is 11.8 Å². The molecule has 2 fully saturated rings. The predicted octanol–water partition coefficient (Wildman–Crippen LogP) is 1.09. The Morgan fingerprint density at radius 1 is 1.32 bits per heavy atom. The minimum Gasteiger partial charge on any atom is -0.352 e. The van der Waals surface area contributed by atoms with Crippen LogP contribution in [0, 0.1) is 5.92 Å². The molecule has 1 N–H and O–H groups in total. The topological polar surface area (TPSA) is 67.2 Å². The summed E-state index contributed by atoms with van der Waals surface area (Å²) in [6.07, 6.45) is 9.56. The fourth-order valence-electron chi connectivity index (χ4n) is 3.13. The van der Waals surface area contributed by atoms with E-state index >= 15 is 0 Å². The third-order valence-electron chi connectivity index (χ3n) is 4.40. The van der Waals surface area contributed by atoms with E-state index in [0.717, 1.165) is 25.7 Å². The molecule has 1 aromatic rings. The SMILES string of the molecule is O=C(NCCn1ccnc1)[C@@H]1CSCN1C(=O)C1CCCC1. The summed E-state index contributed by atoms with van der Waals surface area (Å²) in [4.78, 5) is 30.7. The molecule has 1 aliphatic carbocycles. The molecule has 0 unspecified atom stereocenters. The van der Waals surface area contributed by atoms with E-state index in [4.69, 9.17) is 0 Å². The molecule has 1 aliphatic heterocycles. The normalized spacial score (nSPS) is 22.2. The Morgan fingerprint density at radius 2 is 2.14 bits per heavy atom. The van der Waals surface area contributed by atoms with E-state index in [-0.39, 0.29) is 23.8 Å². The summed E-state index contributed by atoms with van der Waals surface area (Å²) in [6.45, 7) is 1.25. The van der Waals surface area contributed by atoms with E-state index in [1.54, 1.807) is 29.2 Å². The standard InChI is InChI=1S/C15H22N4O2S/c20-14(17-6-8-18-7-5-16-10-18)13-9-22-11-19(13)15(21)12-3-1-2-4-12/h5,7,10,12-13H,1-4,6,8-9,11H2,(H,17,20)/t13-/m0/s1. The van der Waals surface area contributed by atoms with Crippen molar-refractivity contribution in [1.29, 1.82) is 0 Å². The maximum atomic E-state index is 12.5. The fraction of sp³-hybridized carbons (Fsp3) is 0.667. The summed E-state index contributed by atoms with van der Waals surface area (Å²) in [5.41, 5.74) is 0. The highest BCUT2D eigenvalue weighted by Crippen LogP contribution is 2.30. The van der Waals surface area contributed by atoms with Gasteiger partial charge < -0.3 is 14.8 Å². The number of nitrogens with one attached hydrogen (secondary N) is 1.